The van der Waals surface area contributed by atoms with E-state index in [0.29, 0.717) is 28.8 Å². The summed E-state index contributed by atoms with van der Waals surface area (Å²) >= 11 is 12.1. The van der Waals surface area contributed by atoms with Crippen LogP contribution in [-0.2, 0) is 4.79 Å². The van der Waals surface area contributed by atoms with Gasteiger partial charge in [0.15, 0.2) is 0 Å². The minimum atomic E-state index is -0.808. The van der Waals surface area contributed by atoms with Crippen LogP contribution in [0.2, 0.25) is 10.0 Å². The van der Waals surface area contributed by atoms with Crippen LogP contribution in [0.25, 0.3) is 10.8 Å². The predicted molar refractivity (Wildman–Crippen MR) is 77.1 cm³/mol. The topological polar surface area (TPSA) is 62.2 Å². The highest BCUT2D eigenvalue weighted by atomic mass is 35.5. The zero-order valence-corrected chi connectivity index (χ0v) is 11.5. The summed E-state index contributed by atoms with van der Waals surface area (Å²) in [7, 11) is 0. The molecule has 0 fully saturated rings. The SMILES string of the molecule is O=C(O)CCCNc1nccc2cc(Cl)cc(Cl)c12. The van der Waals surface area contributed by atoms with Crippen molar-refractivity contribution in [3.63, 3.8) is 0 Å². The molecule has 0 unspecified atom stereocenters. The number of carboxylic acids is 1. The third-order valence-corrected chi connectivity index (χ3v) is 3.16. The van der Waals surface area contributed by atoms with E-state index in [4.69, 9.17) is 28.3 Å². The smallest absolute Gasteiger partial charge is 0.303 e. The molecule has 6 heteroatoms. The van der Waals surface area contributed by atoms with E-state index in [1.165, 1.54) is 0 Å². The van der Waals surface area contributed by atoms with Crippen LogP contribution in [0.4, 0.5) is 5.82 Å². The molecule has 1 aromatic carbocycles. The molecule has 4 nitrogen and oxygen atoms in total. The molecule has 0 amide bonds. The van der Waals surface area contributed by atoms with Gasteiger partial charge in [-0.05, 0) is 30.0 Å². The summed E-state index contributed by atoms with van der Waals surface area (Å²) in [6.45, 7) is 0.525. The van der Waals surface area contributed by atoms with Crippen molar-refractivity contribution < 1.29 is 9.90 Å². The predicted octanol–water partition coefficient (Wildman–Crippen LogP) is 3.82. The first kappa shape index (κ1) is 13.9. The Morgan fingerprint density at radius 2 is 2.16 bits per heavy atom. The van der Waals surface area contributed by atoms with Gasteiger partial charge in [-0.1, -0.05) is 23.2 Å². The van der Waals surface area contributed by atoms with Gasteiger partial charge in [-0.25, -0.2) is 4.98 Å². The highest BCUT2D eigenvalue weighted by molar-refractivity contribution is 6.39. The van der Waals surface area contributed by atoms with Crippen molar-refractivity contribution in [3.05, 3.63) is 34.4 Å². The molecule has 0 atom stereocenters. The van der Waals surface area contributed by atoms with Crippen LogP contribution < -0.4 is 5.32 Å². The number of fused-ring (bicyclic) bond motifs is 1. The molecule has 2 aromatic rings. The van der Waals surface area contributed by atoms with Crippen LogP contribution in [0.3, 0.4) is 0 Å². The van der Waals surface area contributed by atoms with Gasteiger partial charge >= 0.3 is 5.97 Å². The van der Waals surface area contributed by atoms with Gasteiger partial charge < -0.3 is 10.4 Å². The third kappa shape index (κ3) is 3.49. The number of carboxylic acid groups (broad SMARTS) is 1. The van der Waals surface area contributed by atoms with Crippen molar-refractivity contribution in [3.8, 4) is 0 Å². The number of hydrogen-bond donors (Lipinski definition) is 2. The largest absolute Gasteiger partial charge is 0.481 e. The molecule has 0 aliphatic carbocycles. The standard InChI is InChI=1S/C13H12Cl2N2O2/c14-9-6-8-3-5-17-13(12(8)10(15)7-9)16-4-1-2-11(18)19/h3,5-7H,1-2,4H2,(H,16,17)(H,18,19). The highest BCUT2D eigenvalue weighted by Gasteiger charge is 2.08. The van der Waals surface area contributed by atoms with Gasteiger partial charge in [0.1, 0.15) is 5.82 Å². The third-order valence-electron chi connectivity index (χ3n) is 2.64. The Labute approximate surface area is 120 Å². The Morgan fingerprint density at radius 1 is 1.37 bits per heavy atom. The van der Waals surface area contributed by atoms with Gasteiger partial charge in [-0.3, -0.25) is 4.79 Å². The van der Waals surface area contributed by atoms with Crippen molar-refractivity contribution in [2.45, 2.75) is 12.8 Å². The van der Waals surface area contributed by atoms with E-state index in [1.807, 2.05) is 12.1 Å². The monoisotopic (exact) mass is 298 g/mol. The maximum atomic E-state index is 10.4. The number of benzene rings is 1. The summed E-state index contributed by atoms with van der Waals surface area (Å²) in [5.74, 6) is -0.165. The van der Waals surface area contributed by atoms with Gasteiger partial charge in [0.2, 0.25) is 0 Å². The minimum absolute atomic E-state index is 0.122. The summed E-state index contributed by atoms with van der Waals surface area (Å²) in [5, 5.41) is 14.5. The average molecular weight is 299 g/mol. The molecule has 2 N–H and O–H groups in total. The number of hydrogen-bond acceptors (Lipinski definition) is 3. The van der Waals surface area contributed by atoms with Gasteiger partial charge in [0.25, 0.3) is 0 Å². The lowest BCUT2D eigenvalue weighted by Gasteiger charge is -2.09. The lowest BCUT2D eigenvalue weighted by molar-refractivity contribution is -0.137. The lowest BCUT2D eigenvalue weighted by Crippen LogP contribution is -2.06. The lowest BCUT2D eigenvalue weighted by atomic mass is 10.1. The second-order valence-electron chi connectivity index (χ2n) is 4.07. The zero-order chi connectivity index (χ0) is 13.8. The molecule has 1 heterocycles. The zero-order valence-electron chi connectivity index (χ0n) is 9.99. The van der Waals surface area contributed by atoms with Gasteiger partial charge in [0.05, 0.1) is 5.02 Å². The van der Waals surface area contributed by atoms with Crippen molar-refractivity contribution in [1.82, 2.24) is 4.98 Å². The number of carbonyl (C=O) groups is 1. The molecule has 0 bridgehead atoms. The van der Waals surface area contributed by atoms with Crippen molar-refractivity contribution >= 4 is 45.8 Å². The summed E-state index contributed by atoms with van der Waals surface area (Å²) in [6.07, 6.45) is 2.31. The second-order valence-corrected chi connectivity index (χ2v) is 4.91. The quantitative estimate of drug-likeness (QED) is 0.824. The number of pyridine rings is 1. The normalized spacial score (nSPS) is 10.6. The fourth-order valence-electron chi connectivity index (χ4n) is 1.81. The molecule has 0 radical (unpaired) electrons. The van der Waals surface area contributed by atoms with Crippen LogP contribution in [0.1, 0.15) is 12.8 Å². The Bertz CT molecular complexity index is 617. The number of anilines is 1. The molecular weight excluding hydrogens is 287 g/mol. The average Bonchev–Trinajstić information content (AvgIpc) is 2.33. The first-order valence-electron chi connectivity index (χ1n) is 5.77. The van der Waals surface area contributed by atoms with E-state index in [1.54, 1.807) is 12.3 Å². The van der Waals surface area contributed by atoms with E-state index >= 15 is 0 Å². The fourth-order valence-corrected chi connectivity index (χ4v) is 2.41. The number of rotatable bonds is 5. The van der Waals surface area contributed by atoms with Crippen molar-refractivity contribution in [1.29, 1.82) is 0 Å². The fraction of sp³-hybridized carbons (Fsp3) is 0.231. The van der Waals surface area contributed by atoms with Crippen LogP contribution in [0, 0.1) is 0 Å². The summed E-state index contributed by atoms with van der Waals surface area (Å²) in [6, 6.07) is 5.30. The molecule has 1 aromatic heterocycles. The van der Waals surface area contributed by atoms with Crippen LogP contribution in [0.15, 0.2) is 24.4 Å². The summed E-state index contributed by atoms with van der Waals surface area (Å²) < 4.78 is 0. The van der Waals surface area contributed by atoms with Gasteiger partial charge in [-0.2, -0.15) is 0 Å². The minimum Gasteiger partial charge on any atom is -0.481 e. The van der Waals surface area contributed by atoms with Crippen LogP contribution in [-0.4, -0.2) is 22.6 Å². The van der Waals surface area contributed by atoms with Crippen molar-refractivity contribution in [2.24, 2.45) is 0 Å². The second kappa shape index (κ2) is 6.08. The summed E-state index contributed by atoms with van der Waals surface area (Å²) in [4.78, 5) is 14.7. The van der Waals surface area contributed by atoms with E-state index in [2.05, 4.69) is 10.3 Å². The molecule has 0 saturated carbocycles. The Balaban J connectivity index is 2.21. The Hall–Kier alpha value is -1.52. The number of aliphatic carboxylic acids is 1. The summed E-state index contributed by atoms with van der Waals surface area (Å²) in [5.41, 5.74) is 0. The first-order chi connectivity index (χ1) is 9.08. The molecule has 19 heavy (non-hydrogen) atoms. The van der Waals surface area contributed by atoms with E-state index < -0.39 is 5.97 Å². The Kier molecular flexibility index (Phi) is 4.45. The van der Waals surface area contributed by atoms with Gasteiger partial charge in [0, 0.05) is 29.6 Å². The maximum Gasteiger partial charge on any atom is 0.303 e. The van der Waals surface area contributed by atoms with Gasteiger partial charge in [-0.15, -0.1) is 0 Å². The van der Waals surface area contributed by atoms with Crippen molar-refractivity contribution in [2.75, 3.05) is 11.9 Å². The Morgan fingerprint density at radius 3 is 2.89 bits per heavy atom. The molecular formula is C13H12Cl2N2O2. The molecule has 0 spiro atoms. The molecule has 0 saturated heterocycles. The number of nitrogens with zero attached hydrogens (tertiary/aromatic N) is 1. The van der Waals surface area contributed by atoms with Crippen LogP contribution in [0.5, 0.6) is 0 Å². The van der Waals surface area contributed by atoms with E-state index in [9.17, 15) is 4.79 Å². The van der Waals surface area contributed by atoms with Crippen LogP contribution >= 0.6 is 23.2 Å². The highest BCUT2D eigenvalue weighted by Crippen LogP contribution is 2.31. The number of aromatic nitrogens is 1. The van der Waals surface area contributed by atoms with E-state index in [0.717, 1.165) is 10.8 Å². The first-order valence-corrected chi connectivity index (χ1v) is 6.53. The maximum absolute atomic E-state index is 10.4. The molecule has 100 valence electrons. The van der Waals surface area contributed by atoms with E-state index in [-0.39, 0.29) is 6.42 Å². The molecule has 2 rings (SSSR count). The molecule has 0 aliphatic rings. The number of nitrogens with one attached hydrogen (secondary N) is 1. The number of halogens is 2. The molecule has 0 aliphatic heterocycles.